The van der Waals surface area contributed by atoms with Gasteiger partial charge < -0.3 is 29.5 Å². The van der Waals surface area contributed by atoms with Crippen molar-refractivity contribution in [3.8, 4) is 11.5 Å². The molecule has 2 N–H and O–H groups in total. The number of aliphatic hydroxyl groups excluding tert-OH is 1. The second-order valence-electron chi connectivity index (χ2n) is 9.25. The Bertz CT molecular complexity index is 918. The van der Waals surface area contributed by atoms with E-state index in [1.54, 1.807) is 12.2 Å². The van der Waals surface area contributed by atoms with Gasteiger partial charge in [0.05, 0.1) is 32.4 Å². The second-order valence-corrected chi connectivity index (χ2v) is 9.25. The molecule has 0 saturated heterocycles. The average molecular weight is 515 g/mol. The van der Waals surface area contributed by atoms with Crippen molar-refractivity contribution in [3.05, 3.63) is 60.2 Å². The van der Waals surface area contributed by atoms with Crippen molar-refractivity contribution in [3.63, 3.8) is 0 Å². The van der Waals surface area contributed by atoms with E-state index in [4.69, 9.17) is 14.3 Å². The van der Waals surface area contributed by atoms with Crippen LogP contribution in [-0.2, 0) is 16.0 Å². The van der Waals surface area contributed by atoms with Crippen LogP contribution in [-0.4, -0.2) is 61.0 Å². The topological polar surface area (TPSA) is 97.3 Å². The van der Waals surface area contributed by atoms with E-state index in [-0.39, 0.29) is 18.9 Å². The lowest BCUT2D eigenvalue weighted by Gasteiger charge is -2.31. The van der Waals surface area contributed by atoms with E-state index in [2.05, 4.69) is 19.2 Å². The van der Waals surface area contributed by atoms with Crippen molar-refractivity contribution < 1.29 is 29.0 Å². The van der Waals surface area contributed by atoms with Gasteiger partial charge in [0.2, 0.25) is 0 Å². The van der Waals surface area contributed by atoms with Gasteiger partial charge in [-0.05, 0) is 55.5 Å². The van der Waals surface area contributed by atoms with Crippen LogP contribution in [0.1, 0.15) is 52.0 Å². The number of Topliss-reactive ketones (excluding diaryl/α,β-unsaturated/α-hetero) is 1. The van der Waals surface area contributed by atoms with E-state index in [1.807, 2.05) is 54.6 Å². The molecule has 204 valence electrons. The van der Waals surface area contributed by atoms with E-state index in [1.165, 1.54) is 6.92 Å². The summed E-state index contributed by atoms with van der Waals surface area (Å²) in [7, 11) is 1.61. The molecular weight excluding hydrogens is 472 g/mol. The molecule has 0 aliphatic carbocycles. The summed E-state index contributed by atoms with van der Waals surface area (Å²) in [6.07, 6.45) is 1.65. The summed E-state index contributed by atoms with van der Waals surface area (Å²) in [6.45, 7) is 6.74. The number of nitrogens with zero attached hydrogens (tertiary/aromatic N) is 1. The number of methoxy groups -OCH3 is 1. The van der Waals surface area contributed by atoms with Crippen molar-refractivity contribution >= 4 is 11.9 Å². The third-order valence-electron chi connectivity index (χ3n) is 6.27. The third kappa shape index (κ3) is 11.7. The second kappa shape index (κ2) is 16.6. The van der Waals surface area contributed by atoms with Crippen LogP contribution < -0.4 is 14.9 Å². The van der Waals surface area contributed by atoms with Gasteiger partial charge in [0.1, 0.15) is 17.3 Å². The summed E-state index contributed by atoms with van der Waals surface area (Å²) in [5, 5.41) is 15.9. The quantitative estimate of drug-likeness (QED) is 0.231. The monoisotopic (exact) mass is 514 g/mol. The molecule has 1 amide bonds. The fourth-order valence-electron chi connectivity index (χ4n) is 3.94. The Morgan fingerprint density at radius 1 is 0.973 bits per heavy atom. The van der Waals surface area contributed by atoms with Crippen LogP contribution in [0.4, 0.5) is 4.79 Å². The number of nitrogens with one attached hydrogen (secondary N) is 1. The molecule has 0 radical (unpaired) electrons. The lowest BCUT2D eigenvalue weighted by atomic mass is 10.00. The number of hydrogen-bond acceptors (Lipinski definition) is 7. The van der Waals surface area contributed by atoms with Crippen molar-refractivity contribution in [2.24, 2.45) is 5.92 Å². The molecule has 37 heavy (non-hydrogen) atoms. The highest BCUT2D eigenvalue weighted by atomic mass is 16.7. The van der Waals surface area contributed by atoms with Crippen LogP contribution in [0.5, 0.6) is 11.5 Å². The maximum atomic E-state index is 12.5. The Balaban J connectivity index is 2.13. The van der Waals surface area contributed by atoms with Crippen LogP contribution in [0.2, 0.25) is 0 Å². The molecule has 2 atom stereocenters. The van der Waals surface area contributed by atoms with Crippen LogP contribution in [0.3, 0.4) is 0 Å². The number of amides is 1. The summed E-state index contributed by atoms with van der Waals surface area (Å²) in [5.41, 5.74) is 0.978. The fraction of sp³-hybridized carbons (Fsp3) is 0.517. The third-order valence-corrected chi connectivity index (χ3v) is 6.27. The number of ketones is 1. The lowest BCUT2D eigenvalue weighted by Crippen LogP contribution is -2.51. The summed E-state index contributed by atoms with van der Waals surface area (Å²) in [6, 6.07) is 16.4. The highest BCUT2D eigenvalue weighted by Gasteiger charge is 2.26. The van der Waals surface area contributed by atoms with Gasteiger partial charge in [-0.1, -0.05) is 57.0 Å². The predicted molar refractivity (Wildman–Crippen MR) is 144 cm³/mol. The average Bonchev–Trinajstić information content (AvgIpc) is 2.90. The van der Waals surface area contributed by atoms with Gasteiger partial charge in [-0.3, -0.25) is 0 Å². The smallest absolute Gasteiger partial charge is 0.407 e. The molecule has 0 spiro atoms. The number of hydroxylamine groups is 2. The molecule has 8 nitrogen and oxygen atoms in total. The van der Waals surface area contributed by atoms with Crippen molar-refractivity contribution in [1.29, 1.82) is 0 Å². The van der Waals surface area contributed by atoms with Gasteiger partial charge in [0, 0.05) is 13.0 Å². The lowest BCUT2D eigenvalue weighted by molar-refractivity contribution is -0.117. The van der Waals surface area contributed by atoms with Gasteiger partial charge in [-0.2, -0.15) is 0 Å². The molecular formula is C29H42N2O6. The first kappa shape index (κ1) is 30.1. The standard InChI is InChI=1S/C29H42N2O6/c1-5-23(6-2)20-31(37-26-16-14-25(35-4)15-17-26)21-28(33)27(19-24-12-8-7-9-13-24)30-29(34)36-18-10-11-22(3)32/h7-9,12-17,23,27-28,33H,5-6,10-11,18-21H2,1-4H3,(H,30,34). The van der Waals surface area contributed by atoms with Gasteiger partial charge in [-0.15, -0.1) is 5.06 Å². The molecule has 0 heterocycles. The van der Waals surface area contributed by atoms with E-state index in [9.17, 15) is 14.7 Å². The SMILES string of the molecule is CCC(CC)CN(CC(O)C(Cc1ccccc1)NC(=O)OCCCC(C)=O)Oc1ccc(OC)cc1. The minimum absolute atomic E-state index is 0.0517. The summed E-state index contributed by atoms with van der Waals surface area (Å²) >= 11 is 0. The maximum Gasteiger partial charge on any atom is 0.407 e. The predicted octanol–water partition coefficient (Wildman–Crippen LogP) is 4.79. The summed E-state index contributed by atoms with van der Waals surface area (Å²) < 4.78 is 10.5. The summed E-state index contributed by atoms with van der Waals surface area (Å²) in [4.78, 5) is 29.8. The number of carbonyl (C=O) groups excluding carboxylic acids is 2. The molecule has 2 aromatic rings. The van der Waals surface area contributed by atoms with Crippen LogP contribution in [0.25, 0.3) is 0 Å². The molecule has 2 unspecified atom stereocenters. The van der Waals surface area contributed by atoms with Gasteiger partial charge in [0.25, 0.3) is 0 Å². The minimum atomic E-state index is -0.933. The van der Waals surface area contributed by atoms with E-state index < -0.39 is 18.2 Å². The Labute approximate surface area is 220 Å². The molecule has 2 rings (SSSR count). The van der Waals surface area contributed by atoms with E-state index in [0.29, 0.717) is 37.5 Å². The van der Waals surface area contributed by atoms with Crippen molar-refractivity contribution in [2.75, 3.05) is 26.8 Å². The zero-order chi connectivity index (χ0) is 27.0. The van der Waals surface area contributed by atoms with Crippen LogP contribution in [0, 0.1) is 5.92 Å². The molecule has 0 aliphatic rings. The van der Waals surface area contributed by atoms with E-state index in [0.717, 1.165) is 24.2 Å². The molecule has 8 heteroatoms. The molecule has 0 aromatic heterocycles. The highest BCUT2D eigenvalue weighted by Crippen LogP contribution is 2.20. The highest BCUT2D eigenvalue weighted by molar-refractivity contribution is 5.75. The first-order chi connectivity index (χ1) is 17.8. The summed E-state index contributed by atoms with van der Waals surface area (Å²) in [5.74, 6) is 1.80. The number of benzene rings is 2. The Hall–Kier alpha value is -3.10. The Morgan fingerprint density at radius 3 is 2.22 bits per heavy atom. The normalized spacial score (nSPS) is 12.7. The zero-order valence-corrected chi connectivity index (χ0v) is 22.5. The Kier molecular flexibility index (Phi) is 13.5. The minimum Gasteiger partial charge on any atom is -0.497 e. The van der Waals surface area contributed by atoms with Gasteiger partial charge in [-0.25, -0.2) is 4.79 Å². The molecule has 0 saturated carbocycles. The first-order valence-corrected chi connectivity index (χ1v) is 13.1. The number of alkyl carbamates (subject to hydrolysis) is 1. The zero-order valence-electron chi connectivity index (χ0n) is 22.5. The molecule has 0 aliphatic heterocycles. The number of hydrogen-bond donors (Lipinski definition) is 2. The fourth-order valence-corrected chi connectivity index (χ4v) is 3.94. The maximum absolute atomic E-state index is 12.5. The molecule has 0 fully saturated rings. The number of rotatable bonds is 17. The van der Waals surface area contributed by atoms with E-state index >= 15 is 0 Å². The number of ether oxygens (including phenoxy) is 2. The number of carbonyl (C=O) groups is 2. The van der Waals surface area contributed by atoms with Crippen molar-refractivity contribution in [2.45, 2.75) is 65.0 Å². The van der Waals surface area contributed by atoms with Crippen LogP contribution >= 0.6 is 0 Å². The van der Waals surface area contributed by atoms with Crippen molar-refractivity contribution in [1.82, 2.24) is 10.4 Å². The van der Waals surface area contributed by atoms with Gasteiger partial charge >= 0.3 is 6.09 Å². The van der Waals surface area contributed by atoms with Crippen LogP contribution in [0.15, 0.2) is 54.6 Å². The number of aliphatic hydroxyl groups is 1. The first-order valence-electron chi connectivity index (χ1n) is 13.1. The largest absolute Gasteiger partial charge is 0.497 e. The Morgan fingerprint density at radius 2 is 1.62 bits per heavy atom. The van der Waals surface area contributed by atoms with Gasteiger partial charge in [0.15, 0.2) is 0 Å². The molecule has 0 bridgehead atoms. The molecule has 2 aromatic carbocycles.